The molecule has 0 amide bonds. The molecule has 0 N–H and O–H groups in total. The Labute approximate surface area is 201 Å². The summed E-state index contributed by atoms with van der Waals surface area (Å²) in [5.74, 6) is 0.169. The first-order chi connectivity index (χ1) is 16.3. The highest BCUT2D eigenvalue weighted by Crippen LogP contribution is 2.35. The van der Waals surface area contributed by atoms with Crippen molar-refractivity contribution in [1.82, 2.24) is 19.7 Å². The maximum Gasteiger partial charge on any atom is 0.341 e. The van der Waals surface area contributed by atoms with Crippen LogP contribution in [-0.4, -0.2) is 37.9 Å². The summed E-state index contributed by atoms with van der Waals surface area (Å²) < 4.78 is 13.9. The number of fused-ring (bicyclic) bond motifs is 1. The molecule has 182 valence electrons. The fraction of sp³-hybridized carbons (Fsp3) is 0.556. The summed E-state index contributed by atoms with van der Waals surface area (Å²) >= 11 is 0. The van der Waals surface area contributed by atoms with Gasteiger partial charge >= 0.3 is 5.97 Å². The average molecular weight is 465 g/mol. The van der Waals surface area contributed by atoms with Gasteiger partial charge in [-0.05, 0) is 65.0 Å². The summed E-state index contributed by atoms with van der Waals surface area (Å²) in [5, 5.41) is 5.34. The molecule has 1 aliphatic rings. The number of hydrogen-bond donors (Lipinski definition) is 0. The van der Waals surface area contributed by atoms with Crippen LogP contribution in [0.4, 0.5) is 0 Å². The smallest absolute Gasteiger partial charge is 0.341 e. The number of nitrogens with zero attached hydrogens (tertiary/aromatic N) is 4. The summed E-state index contributed by atoms with van der Waals surface area (Å²) in [4.78, 5) is 22.9. The third kappa shape index (κ3) is 5.46. The lowest BCUT2D eigenvalue weighted by atomic mass is 9.90. The molecule has 34 heavy (non-hydrogen) atoms. The monoisotopic (exact) mass is 464 g/mol. The van der Waals surface area contributed by atoms with E-state index in [9.17, 15) is 4.79 Å². The number of rotatable bonds is 7. The lowest BCUT2D eigenvalue weighted by Gasteiger charge is -2.23. The van der Waals surface area contributed by atoms with Gasteiger partial charge in [-0.1, -0.05) is 19.3 Å². The number of carbonyl (C=O) groups excluding carboxylic acids is 1. The normalized spacial score (nSPS) is 15.1. The summed E-state index contributed by atoms with van der Waals surface area (Å²) in [6.45, 7) is 11.3. The number of aromatic nitrogens is 4. The lowest BCUT2D eigenvalue weighted by molar-refractivity contribution is 0.00629. The molecular formula is C27H36N4O3. The van der Waals surface area contributed by atoms with Crippen molar-refractivity contribution >= 4 is 17.0 Å². The molecule has 0 unspecified atom stereocenters. The minimum absolute atomic E-state index is 0.252. The van der Waals surface area contributed by atoms with Crippen LogP contribution in [-0.2, 0) is 22.6 Å². The Balaban J connectivity index is 1.83. The van der Waals surface area contributed by atoms with Gasteiger partial charge in [-0.3, -0.25) is 4.98 Å². The fourth-order valence-electron chi connectivity index (χ4n) is 4.69. The first-order valence-electron chi connectivity index (χ1n) is 12.4. The second kappa shape index (κ2) is 10.2. The van der Waals surface area contributed by atoms with Crippen molar-refractivity contribution in [2.24, 2.45) is 5.92 Å². The van der Waals surface area contributed by atoms with Crippen LogP contribution in [0.1, 0.15) is 81.4 Å². The Morgan fingerprint density at radius 2 is 1.91 bits per heavy atom. The number of aryl methyl sites for hydroxylation is 2. The summed E-state index contributed by atoms with van der Waals surface area (Å²) in [7, 11) is 0. The number of carbonyl (C=O) groups is 1. The first-order valence-corrected chi connectivity index (χ1v) is 12.4. The van der Waals surface area contributed by atoms with Gasteiger partial charge in [0.05, 0.1) is 24.1 Å². The predicted octanol–water partition coefficient (Wildman–Crippen LogP) is 5.87. The van der Waals surface area contributed by atoms with E-state index >= 15 is 0 Å². The molecule has 0 spiro atoms. The molecule has 0 saturated heterocycles. The van der Waals surface area contributed by atoms with Crippen LogP contribution < -0.4 is 0 Å². The molecule has 0 bridgehead atoms. The van der Waals surface area contributed by atoms with Gasteiger partial charge in [-0.15, -0.1) is 0 Å². The largest absolute Gasteiger partial charge is 0.456 e. The molecule has 3 aromatic rings. The Bertz CT molecular complexity index is 1160. The second-order valence-electron chi connectivity index (χ2n) is 10.3. The van der Waals surface area contributed by atoms with Crippen LogP contribution in [0.25, 0.3) is 22.2 Å². The molecule has 7 nitrogen and oxygen atoms in total. The Hall–Kier alpha value is -2.80. The zero-order chi connectivity index (χ0) is 24.3. The highest BCUT2D eigenvalue weighted by atomic mass is 16.6. The standard InChI is InChI=1S/C27H36N4O3/c1-6-31-25-21(15-29-31)23(20-12-18(2)13-28-14-20)24(26(32)34-27(3,4)5)22(30-25)17-33-16-19-10-8-7-9-11-19/h12-15,19H,6-11,16-17H2,1-5H3. The van der Waals surface area contributed by atoms with Gasteiger partial charge < -0.3 is 9.47 Å². The van der Waals surface area contributed by atoms with Crippen LogP contribution in [0.2, 0.25) is 0 Å². The van der Waals surface area contributed by atoms with E-state index in [4.69, 9.17) is 14.5 Å². The molecule has 0 atom stereocenters. The molecule has 4 rings (SSSR count). The molecule has 7 heteroatoms. The Morgan fingerprint density at radius 1 is 1.15 bits per heavy atom. The highest BCUT2D eigenvalue weighted by Gasteiger charge is 2.28. The van der Waals surface area contributed by atoms with E-state index in [1.165, 1.54) is 32.1 Å². The molecule has 3 heterocycles. The topological polar surface area (TPSA) is 79.1 Å². The second-order valence-corrected chi connectivity index (χ2v) is 10.3. The van der Waals surface area contributed by atoms with E-state index < -0.39 is 11.6 Å². The predicted molar refractivity (Wildman–Crippen MR) is 133 cm³/mol. The van der Waals surface area contributed by atoms with E-state index in [1.807, 2.05) is 45.4 Å². The highest BCUT2D eigenvalue weighted by molar-refractivity contribution is 6.07. The maximum absolute atomic E-state index is 13.6. The molecule has 0 aliphatic heterocycles. The van der Waals surface area contributed by atoms with E-state index in [0.29, 0.717) is 30.3 Å². The van der Waals surface area contributed by atoms with Crippen molar-refractivity contribution in [1.29, 1.82) is 0 Å². The SMILES string of the molecule is CCn1ncc2c(-c3cncc(C)c3)c(C(=O)OC(C)(C)C)c(COCC3CCCCC3)nc21. The van der Waals surface area contributed by atoms with Gasteiger partial charge in [-0.2, -0.15) is 5.10 Å². The molecule has 1 saturated carbocycles. The Kier molecular flexibility index (Phi) is 7.31. The van der Waals surface area contributed by atoms with Crippen molar-refractivity contribution < 1.29 is 14.3 Å². The van der Waals surface area contributed by atoms with E-state index in [1.54, 1.807) is 18.6 Å². The first kappa shape index (κ1) is 24.3. The summed E-state index contributed by atoms with van der Waals surface area (Å²) in [6, 6.07) is 2.03. The van der Waals surface area contributed by atoms with Crippen LogP contribution >= 0.6 is 0 Å². The van der Waals surface area contributed by atoms with Crippen LogP contribution in [0.3, 0.4) is 0 Å². The van der Waals surface area contributed by atoms with Crippen LogP contribution in [0, 0.1) is 12.8 Å². The van der Waals surface area contributed by atoms with Gasteiger partial charge in [0.25, 0.3) is 0 Å². The number of hydrogen-bond acceptors (Lipinski definition) is 6. The Morgan fingerprint density at radius 3 is 2.59 bits per heavy atom. The zero-order valence-corrected chi connectivity index (χ0v) is 21.1. The minimum atomic E-state index is -0.637. The minimum Gasteiger partial charge on any atom is -0.456 e. The average Bonchev–Trinajstić information content (AvgIpc) is 3.20. The van der Waals surface area contributed by atoms with Crippen molar-refractivity contribution in [3.05, 3.63) is 41.5 Å². The summed E-state index contributed by atoms with van der Waals surface area (Å²) in [6.07, 6.45) is 11.6. The molecule has 0 radical (unpaired) electrons. The van der Waals surface area contributed by atoms with Gasteiger partial charge in [0, 0.05) is 42.1 Å². The van der Waals surface area contributed by atoms with Crippen molar-refractivity contribution in [3.63, 3.8) is 0 Å². The molecular weight excluding hydrogens is 428 g/mol. The third-order valence-corrected chi connectivity index (χ3v) is 6.24. The van der Waals surface area contributed by atoms with Crippen LogP contribution in [0.5, 0.6) is 0 Å². The zero-order valence-electron chi connectivity index (χ0n) is 21.1. The maximum atomic E-state index is 13.6. The number of ether oxygens (including phenoxy) is 2. The van der Waals surface area contributed by atoms with Crippen molar-refractivity contribution in [3.8, 4) is 11.1 Å². The van der Waals surface area contributed by atoms with E-state index in [0.717, 1.165) is 27.7 Å². The molecule has 1 aliphatic carbocycles. The summed E-state index contributed by atoms with van der Waals surface area (Å²) in [5.41, 5.74) is 3.74. The van der Waals surface area contributed by atoms with Gasteiger partial charge in [0.15, 0.2) is 5.65 Å². The van der Waals surface area contributed by atoms with Crippen LogP contribution in [0.15, 0.2) is 24.7 Å². The number of pyridine rings is 2. The molecule has 0 aromatic carbocycles. The van der Waals surface area contributed by atoms with Gasteiger partial charge in [0.2, 0.25) is 0 Å². The lowest BCUT2D eigenvalue weighted by Crippen LogP contribution is -2.26. The van der Waals surface area contributed by atoms with Crippen molar-refractivity contribution in [2.75, 3.05) is 6.61 Å². The fourth-order valence-corrected chi connectivity index (χ4v) is 4.69. The molecule has 3 aromatic heterocycles. The quantitative estimate of drug-likeness (QED) is 0.407. The molecule has 1 fully saturated rings. The van der Waals surface area contributed by atoms with Gasteiger partial charge in [-0.25, -0.2) is 14.5 Å². The third-order valence-electron chi connectivity index (χ3n) is 6.24. The van der Waals surface area contributed by atoms with E-state index in [-0.39, 0.29) is 6.61 Å². The van der Waals surface area contributed by atoms with Gasteiger partial charge in [0.1, 0.15) is 5.60 Å². The van der Waals surface area contributed by atoms with E-state index in [2.05, 4.69) is 10.1 Å². The van der Waals surface area contributed by atoms with Crippen molar-refractivity contribution in [2.45, 2.75) is 85.5 Å². The number of esters is 1.